The number of carbonyl (C=O) groups is 1. The molecule has 0 atom stereocenters. The molecule has 132 valence electrons. The van der Waals surface area contributed by atoms with Gasteiger partial charge in [-0.05, 0) is 31.4 Å². The zero-order valence-electron chi connectivity index (χ0n) is 15.1. The van der Waals surface area contributed by atoms with Crippen LogP contribution in [0.4, 0.5) is 0 Å². The van der Waals surface area contributed by atoms with E-state index in [1.54, 1.807) is 13.8 Å². The molecule has 0 aliphatic heterocycles. The number of aliphatic hydroxyl groups is 1. The SMILES string of the molecule is COC(=O)c1c(C#CC(C)(C)O)n(Cc2ccccc2)c2ccccc12. The Morgan fingerprint density at radius 2 is 1.77 bits per heavy atom. The van der Waals surface area contributed by atoms with Gasteiger partial charge in [-0.1, -0.05) is 54.5 Å². The zero-order valence-corrected chi connectivity index (χ0v) is 15.1. The molecule has 3 rings (SSSR count). The standard InChI is InChI=1S/C22H21NO3/c1-22(2,25)14-13-19-20(21(24)26-3)17-11-7-8-12-18(17)23(19)15-16-9-5-4-6-10-16/h4-12,25H,15H2,1-3H3. The minimum absolute atomic E-state index is 0.427. The smallest absolute Gasteiger partial charge is 0.341 e. The second-order valence-electron chi connectivity index (χ2n) is 6.61. The number of para-hydroxylation sites is 1. The summed E-state index contributed by atoms with van der Waals surface area (Å²) in [5.41, 5.74) is 1.80. The maximum atomic E-state index is 12.5. The molecule has 1 heterocycles. The number of ether oxygens (including phenoxy) is 1. The summed E-state index contributed by atoms with van der Waals surface area (Å²) in [7, 11) is 1.36. The number of fused-ring (bicyclic) bond motifs is 1. The van der Waals surface area contributed by atoms with Crippen molar-refractivity contribution in [2.75, 3.05) is 7.11 Å². The van der Waals surface area contributed by atoms with E-state index in [1.807, 2.05) is 59.2 Å². The molecule has 0 aliphatic carbocycles. The molecule has 26 heavy (non-hydrogen) atoms. The normalized spacial score (nSPS) is 11.1. The fraction of sp³-hybridized carbons (Fsp3) is 0.227. The molecule has 0 aliphatic rings. The van der Waals surface area contributed by atoms with E-state index < -0.39 is 11.6 Å². The third-order valence-electron chi connectivity index (χ3n) is 4.03. The Kier molecular flexibility index (Phi) is 4.83. The van der Waals surface area contributed by atoms with Crippen LogP contribution in [0, 0.1) is 11.8 Å². The lowest BCUT2D eigenvalue weighted by molar-refractivity contribution is 0.0602. The van der Waals surface area contributed by atoms with Gasteiger partial charge in [-0.3, -0.25) is 0 Å². The zero-order chi connectivity index (χ0) is 18.7. The van der Waals surface area contributed by atoms with Gasteiger partial charge < -0.3 is 14.4 Å². The Labute approximate surface area is 153 Å². The molecule has 0 saturated heterocycles. The largest absolute Gasteiger partial charge is 0.465 e. The van der Waals surface area contributed by atoms with Crippen LogP contribution in [-0.2, 0) is 11.3 Å². The first kappa shape index (κ1) is 17.8. The maximum absolute atomic E-state index is 12.5. The van der Waals surface area contributed by atoms with Crippen molar-refractivity contribution in [3.8, 4) is 11.8 Å². The molecule has 0 spiro atoms. The predicted octanol–water partition coefficient (Wildman–Crippen LogP) is 3.60. The summed E-state index contributed by atoms with van der Waals surface area (Å²) in [6.45, 7) is 3.79. The van der Waals surface area contributed by atoms with E-state index in [0.29, 0.717) is 17.8 Å². The second kappa shape index (κ2) is 7.07. The van der Waals surface area contributed by atoms with Crippen LogP contribution in [-0.4, -0.2) is 28.4 Å². The van der Waals surface area contributed by atoms with Crippen molar-refractivity contribution in [3.63, 3.8) is 0 Å². The Hall–Kier alpha value is -3.03. The molecular formula is C22H21NO3. The number of benzene rings is 2. The number of methoxy groups -OCH3 is 1. The van der Waals surface area contributed by atoms with Gasteiger partial charge in [0.1, 0.15) is 16.9 Å². The highest BCUT2D eigenvalue weighted by atomic mass is 16.5. The van der Waals surface area contributed by atoms with Crippen molar-refractivity contribution in [2.24, 2.45) is 0 Å². The number of rotatable bonds is 3. The Balaban J connectivity index is 2.29. The molecule has 0 fully saturated rings. The van der Waals surface area contributed by atoms with E-state index in [9.17, 15) is 9.90 Å². The second-order valence-corrected chi connectivity index (χ2v) is 6.61. The van der Waals surface area contributed by atoms with Crippen LogP contribution in [0.1, 0.15) is 35.5 Å². The Bertz CT molecular complexity index is 999. The van der Waals surface area contributed by atoms with Gasteiger partial charge in [-0.15, -0.1) is 0 Å². The summed E-state index contributed by atoms with van der Waals surface area (Å²) in [5, 5.41) is 10.8. The summed E-state index contributed by atoms with van der Waals surface area (Å²) >= 11 is 0. The summed E-state index contributed by atoms with van der Waals surface area (Å²) in [6.07, 6.45) is 0. The topological polar surface area (TPSA) is 51.5 Å². The highest BCUT2D eigenvalue weighted by Gasteiger charge is 2.22. The molecule has 0 radical (unpaired) electrons. The molecular weight excluding hydrogens is 326 g/mol. The molecule has 4 nitrogen and oxygen atoms in total. The van der Waals surface area contributed by atoms with Crippen molar-refractivity contribution < 1.29 is 14.6 Å². The lowest BCUT2D eigenvalue weighted by Crippen LogP contribution is -2.15. The summed E-state index contributed by atoms with van der Waals surface area (Å²) in [6, 6.07) is 17.6. The van der Waals surface area contributed by atoms with Crippen LogP contribution in [0.3, 0.4) is 0 Å². The minimum Gasteiger partial charge on any atom is -0.465 e. The number of nitrogens with zero attached hydrogens (tertiary/aromatic N) is 1. The molecule has 0 bridgehead atoms. The fourth-order valence-corrected chi connectivity index (χ4v) is 2.88. The molecule has 2 aromatic carbocycles. The van der Waals surface area contributed by atoms with Crippen LogP contribution in [0.5, 0.6) is 0 Å². The first-order chi connectivity index (χ1) is 12.4. The van der Waals surface area contributed by atoms with Gasteiger partial charge in [-0.25, -0.2) is 4.79 Å². The van der Waals surface area contributed by atoms with E-state index >= 15 is 0 Å². The van der Waals surface area contributed by atoms with Gasteiger partial charge in [0.15, 0.2) is 0 Å². The molecule has 4 heteroatoms. The van der Waals surface area contributed by atoms with Gasteiger partial charge in [0.05, 0.1) is 12.6 Å². The number of carbonyl (C=O) groups excluding carboxylic acids is 1. The molecule has 0 saturated carbocycles. The summed E-state index contributed by atoms with van der Waals surface area (Å²) < 4.78 is 6.99. The molecule has 1 N–H and O–H groups in total. The fourth-order valence-electron chi connectivity index (χ4n) is 2.88. The van der Waals surface area contributed by atoms with Crippen LogP contribution in [0.25, 0.3) is 10.9 Å². The molecule has 0 unspecified atom stereocenters. The third-order valence-corrected chi connectivity index (χ3v) is 4.03. The number of esters is 1. The minimum atomic E-state index is -1.17. The van der Waals surface area contributed by atoms with Crippen LogP contribution >= 0.6 is 0 Å². The Morgan fingerprint density at radius 1 is 1.12 bits per heavy atom. The van der Waals surface area contributed by atoms with Crippen LogP contribution in [0.15, 0.2) is 54.6 Å². The number of hydrogen-bond donors (Lipinski definition) is 1. The van der Waals surface area contributed by atoms with Crippen molar-refractivity contribution in [2.45, 2.75) is 26.0 Å². The van der Waals surface area contributed by atoms with E-state index in [2.05, 4.69) is 11.8 Å². The van der Waals surface area contributed by atoms with Gasteiger partial charge >= 0.3 is 5.97 Å². The predicted molar refractivity (Wildman–Crippen MR) is 102 cm³/mol. The Morgan fingerprint density at radius 3 is 2.42 bits per heavy atom. The van der Waals surface area contributed by atoms with E-state index in [4.69, 9.17) is 4.74 Å². The van der Waals surface area contributed by atoms with E-state index in [-0.39, 0.29) is 0 Å². The summed E-state index contributed by atoms with van der Waals surface area (Å²) in [4.78, 5) is 12.5. The molecule has 3 aromatic rings. The highest BCUT2D eigenvalue weighted by molar-refractivity contribution is 6.07. The summed E-state index contributed by atoms with van der Waals surface area (Å²) in [5.74, 6) is 5.39. The monoisotopic (exact) mass is 347 g/mol. The van der Waals surface area contributed by atoms with Crippen LogP contribution < -0.4 is 0 Å². The lowest BCUT2D eigenvalue weighted by atomic mass is 10.1. The number of hydrogen-bond acceptors (Lipinski definition) is 3. The van der Waals surface area contributed by atoms with Gasteiger partial charge in [-0.2, -0.15) is 0 Å². The van der Waals surface area contributed by atoms with Crippen molar-refractivity contribution in [3.05, 3.63) is 71.4 Å². The number of aromatic nitrogens is 1. The van der Waals surface area contributed by atoms with Crippen molar-refractivity contribution in [1.82, 2.24) is 4.57 Å². The molecule has 0 amide bonds. The van der Waals surface area contributed by atoms with Gasteiger partial charge in [0, 0.05) is 11.9 Å². The third kappa shape index (κ3) is 3.63. The first-order valence-corrected chi connectivity index (χ1v) is 8.40. The maximum Gasteiger partial charge on any atom is 0.341 e. The van der Waals surface area contributed by atoms with Gasteiger partial charge in [0.25, 0.3) is 0 Å². The van der Waals surface area contributed by atoms with Crippen LogP contribution in [0.2, 0.25) is 0 Å². The average molecular weight is 347 g/mol. The van der Waals surface area contributed by atoms with E-state index in [1.165, 1.54) is 7.11 Å². The van der Waals surface area contributed by atoms with Crippen molar-refractivity contribution in [1.29, 1.82) is 0 Å². The quantitative estimate of drug-likeness (QED) is 0.582. The first-order valence-electron chi connectivity index (χ1n) is 8.40. The highest BCUT2D eigenvalue weighted by Crippen LogP contribution is 2.27. The lowest BCUT2D eigenvalue weighted by Gasteiger charge is -2.10. The van der Waals surface area contributed by atoms with E-state index in [0.717, 1.165) is 16.5 Å². The van der Waals surface area contributed by atoms with Crippen molar-refractivity contribution >= 4 is 16.9 Å². The average Bonchev–Trinajstić information content (AvgIpc) is 2.93. The molecule has 1 aromatic heterocycles. The van der Waals surface area contributed by atoms with Gasteiger partial charge in [0.2, 0.25) is 0 Å².